The van der Waals surface area contributed by atoms with Crippen LogP contribution in [0.15, 0.2) is 60.6 Å². The molecule has 0 amide bonds. The van der Waals surface area contributed by atoms with Crippen molar-refractivity contribution in [1.29, 1.82) is 0 Å². The molecule has 130 valence electrons. The zero-order valence-corrected chi connectivity index (χ0v) is 14.5. The highest BCUT2D eigenvalue weighted by atomic mass is 16.5. The van der Waals surface area contributed by atoms with Gasteiger partial charge in [0.15, 0.2) is 0 Å². The van der Waals surface area contributed by atoms with Crippen LogP contribution in [0.3, 0.4) is 0 Å². The average molecular weight is 331 g/mol. The standard InChI is InChI=1S/C19H25NO4/c1-6-18(23-4)16(13(2)22-3)11-14-8-7-9-15(10-14)12-17(20)19(21)24-5/h6-10,17H,1-2,11-12,20H2,3-5H3/b18-16+/t17-/m0/s1. The van der Waals surface area contributed by atoms with Crippen LogP contribution < -0.4 is 5.73 Å². The van der Waals surface area contributed by atoms with Crippen LogP contribution in [0.5, 0.6) is 0 Å². The molecule has 0 radical (unpaired) electrons. The Balaban J connectivity index is 3.04. The molecule has 0 aliphatic heterocycles. The summed E-state index contributed by atoms with van der Waals surface area (Å²) >= 11 is 0. The third kappa shape index (κ3) is 5.28. The van der Waals surface area contributed by atoms with Gasteiger partial charge in [0.1, 0.15) is 17.6 Å². The maximum atomic E-state index is 11.5. The second kappa shape index (κ2) is 9.57. The maximum absolute atomic E-state index is 11.5. The topological polar surface area (TPSA) is 70.8 Å². The van der Waals surface area contributed by atoms with Gasteiger partial charge in [-0.1, -0.05) is 37.4 Å². The van der Waals surface area contributed by atoms with Gasteiger partial charge in [0, 0.05) is 12.0 Å². The van der Waals surface area contributed by atoms with Crippen LogP contribution >= 0.6 is 0 Å². The number of hydrogen-bond acceptors (Lipinski definition) is 5. The first-order chi connectivity index (χ1) is 11.5. The summed E-state index contributed by atoms with van der Waals surface area (Å²) in [6.07, 6.45) is 2.59. The zero-order chi connectivity index (χ0) is 18.1. The molecule has 0 heterocycles. The number of carbonyl (C=O) groups excluding carboxylic acids is 1. The van der Waals surface area contributed by atoms with Crippen LogP contribution in [0.1, 0.15) is 11.1 Å². The molecule has 24 heavy (non-hydrogen) atoms. The number of hydrogen-bond donors (Lipinski definition) is 1. The van der Waals surface area contributed by atoms with E-state index < -0.39 is 12.0 Å². The van der Waals surface area contributed by atoms with E-state index in [9.17, 15) is 4.79 Å². The minimum Gasteiger partial charge on any atom is -0.497 e. The predicted molar refractivity (Wildman–Crippen MR) is 94.2 cm³/mol. The molecule has 1 rings (SSSR count). The first-order valence-electron chi connectivity index (χ1n) is 7.50. The van der Waals surface area contributed by atoms with Gasteiger partial charge in [-0.2, -0.15) is 0 Å². The fraction of sp³-hybridized carbons (Fsp3) is 0.316. The van der Waals surface area contributed by atoms with Crippen molar-refractivity contribution in [3.63, 3.8) is 0 Å². The molecule has 0 aliphatic carbocycles. The Morgan fingerprint density at radius 2 is 1.88 bits per heavy atom. The van der Waals surface area contributed by atoms with Crippen molar-refractivity contribution < 1.29 is 19.0 Å². The summed E-state index contributed by atoms with van der Waals surface area (Å²) in [5.41, 5.74) is 8.60. The van der Waals surface area contributed by atoms with Gasteiger partial charge in [-0.05, 0) is 23.6 Å². The number of esters is 1. The molecule has 2 N–H and O–H groups in total. The quantitative estimate of drug-likeness (QED) is 0.428. The van der Waals surface area contributed by atoms with E-state index in [1.807, 2.05) is 24.3 Å². The summed E-state index contributed by atoms with van der Waals surface area (Å²) in [6.45, 7) is 7.65. The third-order valence-corrected chi connectivity index (χ3v) is 3.62. The fourth-order valence-corrected chi connectivity index (χ4v) is 2.34. The molecule has 0 aliphatic rings. The van der Waals surface area contributed by atoms with Gasteiger partial charge in [0.2, 0.25) is 0 Å². The van der Waals surface area contributed by atoms with Crippen molar-refractivity contribution in [2.45, 2.75) is 18.9 Å². The third-order valence-electron chi connectivity index (χ3n) is 3.62. The second-order valence-electron chi connectivity index (χ2n) is 5.21. The van der Waals surface area contributed by atoms with Gasteiger partial charge < -0.3 is 19.9 Å². The first-order valence-corrected chi connectivity index (χ1v) is 7.50. The second-order valence-corrected chi connectivity index (χ2v) is 5.21. The van der Waals surface area contributed by atoms with Crippen LogP contribution in [0, 0.1) is 0 Å². The van der Waals surface area contributed by atoms with Gasteiger partial charge in [0.05, 0.1) is 21.3 Å². The average Bonchev–Trinajstić information content (AvgIpc) is 2.60. The Labute approximate surface area is 143 Å². The summed E-state index contributed by atoms with van der Waals surface area (Å²) in [5, 5.41) is 0. The molecule has 1 aromatic rings. The first kappa shape index (κ1) is 19.5. The molecular formula is C19H25NO4. The van der Waals surface area contributed by atoms with Crippen LogP contribution in [-0.2, 0) is 31.8 Å². The molecule has 0 saturated carbocycles. The molecule has 0 bridgehead atoms. The van der Waals surface area contributed by atoms with E-state index in [0.29, 0.717) is 24.4 Å². The lowest BCUT2D eigenvalue weighted by atomic mass is 9.98. The maximum Gasteiger partial charge on any atom is 0.322 e. The van der Waals surface area contributed by atoms with E-state index in [2.05, 4.69) is 17.9 Å². The molecule has 1 atom stereocenters. The molecule has 5 heteroatoms. The summed E-state index contributed by atoms with van der Waals surface area (Å²) in [4.78, 5) is 11.5. The lowest BCUT2D eigenvalue weighted by molar-refractivity contribution is -0.142. The van der Waals surface area contributed by atoms with Gasteiger partial charge >= 0.3 is 5.97 Å². The van der Waals surface area contributed by atoms with E-state index in [4.69, 9.17) is 15.2 Å². The molecule has 1 aromatic carbocycles. The Kier molecular flexibility index (Phi) is 7.79. The normalized spacial score (nSPS) is 12.7. The zero-order valence-electron chi connectivity index (χ0n) is 14.5. The molecule has 0 spiro atoms. The molecule has 0 saturated heterocycles. The summed E-state index contributed by atoms with van der Waals surface area (Å²) < 4.78 is 15.2. The van der Waals surface area contributed by atoms with E-state index in [1.165, 1.54) is 7.11 Å². The fourth-order valence-electron chi connectivity index (χ4n) is 2.34. The van der Waals surface area contributed by atoms with Gasteiger partial charge in [-0.3, -0.25) is 4.79 Å². The highest BCUT2D eigenvalue weighted by molar-refractivity contribution is 5.75. The van der Waals surface area contributed by atoms with Crippen LogP contribution in [-0.4, -0.2) is 33.3 Å². The Bertz CT molecular complexity index is 634. The largest absolute Gasteiger partial charge is 0.497 e. The van der Waals surface area contributed by atoms with E-state index >= 15 is 0 Å². The van der Waals surface area contributed by atoms with Crippen molar-refractivity contribution in [3.05, 3.63) is 71.7 Å². The number of allylic oxidation sites excluding steroid dienone is 2. The van der Waals surface area contributed by atoms with Crippen LogP contribution in [0.25, 0.3) is 0 Å². The van der Waals surface area contributed by atoms with Crippen molar-refractivity contribution in [2.75, 3.05) is 21.3 Å². The van der Waals surface area contributed by atoms with Gasteiger partial charge in [-0.25, -0.2) is 0 Å². The van der Waals surface area contributed by atoms with Crippen molar-refractivity contribution in [2.24, 2.45) is 5.73 Å². The lowest BCUT2D eigenvalue weighted by Gasteiger charge is -2.15. The molecule has 0 unspecified atom stereocenters. The highest BCUT2D eigenvalue weighted by Gasteiger charge is 2.15. The smallest absolute Gasteiger partial charge is 0.322 e. The molecular weight excluding hydrogens is 306 g/mol. The molecule has 0 aromatic heterocycles. The SMILES string of the molecule is C=C/C(OC)=C(/Cc1cccc(C[C@H](N)C(=O)OC)c1)C(=C)OC. The monoisotopic (exact) mass is 331 g/mol. The summed E-state index contributed by atoms with van der Waals surface area (Å²) in [5.74, 6) is 0.698. The van der Waals surface area contributed by atoms with Gasteiger partial charge in [0.25, 0.3) is 0 Å². The minimum atomic E-state index is -0.683. The summed E-state index contributed by atoms with van der Waals surface area (Å²) in [7, 11) is 4.46. The Morgan fingerprint density at radius 1 is 1.21 bits per heavy atom. The number of methoxy groups -OCH3 is 3. The van der Waals surface area contributed by atoms with Crippen molar-refractivity contribution >= 4 is 5.97 Å². The lowest BCUT2D eigenvalue weighted by Crippen LogP contribution is -2.33. The van der Waals surface area contributed by atoms with Crippen LogP contribution in [0.4, 0.5) is 0 Å². The van der Waals surface area contributed by atoms with Gasteiger partial charge in [-0.15, -0.1) is 0 Å². The Morgan fingerprint density at radius 3 is 2.42 bits per heavy atom. The molecule has 0 fully saturated rings. The minimum absolute atomic E-state index is 0.406. The number of benzene rings is 1. The van der Waals surface area contributed by atoms with Crippen molar-refractivity contribution in [1.82, 2.24) is 0 Å². The number of carbonyl (C=O) groups is 1. The molecule has 5 nitrogen and oxygen atoms in total. The van der Waals surface area contributed by atoms with Crippen LogP contribution in [0.2, 0.25) is 0 Å². The van der Waals surface area contributed by atoms with Crippen molar-refractivity contribution in [3.8, 4) is 0 Å². The number of nitrogens with two attached hydrogens (primary N) is 1. The number of rotatable bonds is 9. The number of ether oxygens (including phenoxy) is 3. The van der Waals surface area contributed by atoms with E-state index in [-0.39, 0.29) is 0 Å². The van der Waals surface area contributed by atoms with E-state index in [1.54, 1.807) is 20.3 Å². The van der Waals surface area contributed by atoms with E-state index in [0.717, 1.165) is 16.7 Å². The highest BCUT2D eigenvalue weighted by Crippen LogP contribution is 2.22. The summed E-state index contributed by atoms with van der Waals surface area (Å²) in [6, 6.07) is 7.12. The Hall–Kier alpha value is -2.53. The predicted octanol–water partition coefficient (Wildman–Crippen LogP) is 2.52.